The second-order valence-electron chi connectivity index (χ2n) is 12.3. The SMILES string of the molecule is c1ccc(-c2ccccc2N(c2ccc(-c3nccnc3-c3ccccc3)cc2)c2ccc3c(c2)c2ccccc2n3-c2ccccc2)cc1. The second kappa shape index (κ2) is 12.7. The maximum absolute atomic E-state index is 4.78. The fourth-order valence-corrected chi connectivity index (χ4v) is 7.04. The Bertz CT molecular complexity index is 2580. The van der Waals surface area contributed by atoms with Gasteiger partial charge in [-0.2, -0.15) is 0 Å². The van der Waals surface area contributed by atoms with Crippen LogP contribution in [-0.2, 0) is 0 Å². The monoisotopic (exact) mass is 640 g/mol. The maximum Gasteiger partial charge on any atom is 0.0965 e. The first-order chi connectivity index (χ1) is 24.8. The van der Waals surface area contributed by atoms with Crippen LogP contribution in [0.1, 0.15) is 0 Å². The van der Waals surface area contributed by atoms with Crippen LogP contribution in [0, 0.1) is 0 Å². The van der Waals surface area contributed by atoms with Crippen LogP contribution in [0.2, 0.25) is 0 Å². The van der Waals surface area contributed by atoms with Crippen LogP contribution >= 0.6 is 0 Å². The van der Waals surface area contributed by atoms with Crippen molar-refractivity contribution in [3.05, 3.63) is 194 Å². The Morgan fingerprint density at radius 1 is 0.400 bits per heavy atom. The van der Waals surface area contributed by atoms with Gasteiger partial charge in [-0.05, 0) is 60.2 Å². The Labute approximate surface area is 291 Å². The van der Waals surface area contributed by atoms with E-state index in [-0.39, 0.29) is 0 Å². The summed E-state index contributed by atoms with van der Waals surface area (Å²) in [5, 5.41) is 2.42. The molecule has 7 aromatic carbocycles. The fourth-order valence-electron chi connectivity index (χ4n) is 7.04. The minimum atomic E-state index is 0.858. The normalized spacial score (nSPS) is 11.2. The van der Waals surface area contributed by atoms with Gasteiger partial charge < -0.3 is 9.47 Å². The predicted octanol–water partition coefficient (Wildman–Crippen LogP) is 12.0. The van der Waals surface area contributed by atoms with Gasteiger partial charge in [0.05, 0.1) is 28.1 Å². The molecule has 9 aromatic rings. The van der Waals surface area contributed by atoms with Gasteiger partial charge in [0.1, 0.15) is 0 Å². The summed E-state index contributed by atoms with van der Waals surface area (Å²) in [6.07, 6.45) is 3.52. The summed E-state index contributed by atoms with van der Waals surface area (Å²) in [6, 6.07) is 64.3. The molecule has 0 unspecified atom stereocenters. The zero-order valence-corrected chi connectivity index (χ0v) is 27.3. The molecule has 0 bridgehead atoms. The Hall–Kier alpha value is -6.78. The van der Waals surface area contributed by atoms with E-state index in [0.29, 0.717) is 0 Å². The van der Waals surface area contributed by atoms with Crippen LogP contribution < -0.4 is 4.90 Å². The maximum atomic E-state index is 4.78. The highest BCUT2D eigenvalue weighted by atomic mass is 15.1. The van der Waals surface area contributed by atoms with Gasteiger partial charge in [-0.1, -0.05) is 127 Å². The van der Waals surface area contributed by atoms with Gasteiger partial charge in [-0.15, -0.1) is 0 Å². The quantitative estimate of drug-likeness (QED) is 0.174. The van der Waals surface area contributed by atoms with Gasteiger partial charge in [0, 0.05) is 56.9 Å². The molecule has 9 rings (SSSR count). The van der Waals surface area contributed by atoms with Gasteiger partial charge in [0.2, 0.25) is 0 Å². The Kier molecular flexibility index (Phi) is 7.45. The van der Waals surface area contributed by atoms with Gasteiger partial charge in [-0.25, -0.2) is 0 Å². The molecule has 0 amide bonds. The molecule has 0 radical (unpaired) electrons. The average Bonchev–Trinajstić information content (AvgIpc) is 3.53. The molecule has 2 heterocycles. The predicted molar refractivity (Wildman–Crippen MR) is 207 cm³/mol. The molecule has 0 fully saturated rings. The molecule has 0 aliphatic heterocycles. The Morgan fingerprint density at radius 3 is 1.66 bits per heavy atom. The summed E-state index contributed by atoms with van der Waals surface area (Å²) in [4.78, 5) is 11.9. The van der Waals surface area contributed by atoms with Crippen molar-refractivity contribution >= 4 is 38.9 Å². The lowest BCUT2D eigenvalue weighted by Crippen LogP contribution is -2.11. The lowest BCUT2D eigenvalue weighted by atomic mass is 10.0. The van der Waals surface area contributed by atoms with Crippen molar-refractivity contribution in [1.29, 1.82) is 0 Å². The van der Waals surface area contributed by atoms with Crippen molar-refractivity contribution in [2.24, 2.45) is 0 Å². The third-order valence-corrected chi connectivity index (χ3v) is 9.30. The number of aromatic nitrogens is 3. The molecule has 4 heteroatoms. The largest absolute Gasteiger partial charge is 0.310 e. The second-order valence-corrected chi connectivity index (χ2v) is 12.3. The van der Waals surface area contributed by atoms with Crippen LogP contribution in [0.5, 0.6) is 0 Å². The molecule has 50 heavy (non-hydrogen) atoms. The Morgan fingerprint density at radius 2 is 0.940 bits per heavy atom. The number of benzene rings is 7. The third kappa shape index (κ3) is 5.20. The average molecular weight is 641 g/mol. The minimum Gasteiger partial charge on any atom is -0.310 e. The highest BCUT2D eigenvalue weighted by Gasteiger charge is 2.20. The lowest BCUT2D eigenvalue weighted by molar-refractivity contribution is 1.18. The number of para-hydroxylation sites is 3. The number of fused-ring (bicyclic) bond motifs is 3. The molecular weight excluding hydrogens is 609 g/mol. The zero-order valence-electron chi connectivity index (χ0n) is 27.3. The van der Waals surface area contributed by atoms with E-state index in [1.807, 2.05) is 18.2 Å². The third-order valence-electron chi connectivity index (χ3n) is 9.30. The van der Waals surface area contributed by atoms with E-state index < -0.39 is 0 Å². The zero-order chi connectivity index (χ0) is 33.3. The molecule has 236 valence electrons. The molecule has 0 aliphatic rings. The first-order valence-corrected chi connectivity index (χ1v) is 16.8. The molecule has 0 saturated heterocycles. The van der Waals surface area contributed by atoms with E-state index in [1.54, 1.807) is 12.4 Å². The lowest BCUT2D eigenvalue weighted by Gasteiger charge is -2.28. The standard InChI is InChI=1S/C46H32N4/c1-4-14-33(15-5-1)39-20-10-12-22-42(39)49(37-26-24-35(25-27-37)46-45(47-30-31-48-46)34-16-6-2-7-17-34)38-28-29-44-41(32-38)40-21-11-13-23-43(40)50(44)36-18-8-3-9-19-36/h1-32H. The van der Waals surface area contributed by atoms with Crippen molar-refractivity contribution in [3.63, 3.8) is 0 Å². The molecule has 0 atom stereocenters. The van der Waals surface area contributed by atoms with Crippen LogP contribution in [0.4, 0.5) is 17.1 Å². The van der Waals surface area contributed by atoms with Crippen LogP contribution in [0.25, 0.3) is 61.1 Å². The van der Waals surface area contributed by atoms with Crippen LogP contribution in [0.3, 0.4) is 0 Å². The first kappa shape index (κ1) is 29.4. The van der Waals surface area contributed by atoms with E-state index in [2.05, 4.69) is 173 Å². The molecular formula is C46H32N4. The first-order valence-electron chi connectivity index (χ1n) is 16.8. The summed E-state index contributed by atoms with van der Waals surface area (Å²) in [6.45, 7) is 0. The van der Waals surface area contributed by atoms with Crippen molar-refractivity contribution in [3.8, 4) is 39.3 Å². The van der Waals surface area contributed by atoms with Crippen molar-refractivity contribution in [2.75, 3.05) is 4.90 Å². The highest BCUT2D eigenvalue weighted by Crippen LogP contribution is 2.43. The molecule has 2 aromatic heterocycles. The molecule has 0 saturated carbocycles. The molecule has 0 spiro atoms. The van der Waals surface area contributed by atoms with Crippen LogP contribution in [0.15, 0.2) is 194 Å². The van der Waals surface area contributed by atoms with Crippen molar-refractivity contribution in [2.45, 2.75) is 0 Å². The minimum absolute atomic E-state index is 0.858. The number of hydrogen-bond donors (Lipinski definition) is 0. The van der Waals surface area contributed by atoms with Gasteiger partial charge in [0.15, 0.2) is 0 Å². The van der Waals surface area contributed by atoms with Gasteiger partial charge in [-0.3, -0.25) is 9.97 Å². The molecule has 0 N–H and O–H groups in total. The summed E-state index contributed by atoms with van der Waals surface area (Å²) in [7, 11) is 0. The summed E-state index contributed by atoms with van der Waals surface area (Å²) >= 11 is 0. The Balaban J connectivity index is 1.23. The van der Waals surface area contributed by atoms with E-state index in [4.69, 9.17) is 9.97 Å². The number of anilines is 3. The van der Waals surface area contributed by atoms with Crippen molar-refractivity contribution in [1.82, 2.24) is 14.5 Å². The summed E-state index contributed by atoms with van der Waals surface area (Å²) in [5.41, 5.74) is 12.8. The van der Waals surface area contributed by atoms with Crippen LogP contribution in [-0.4, -0.2) is 14.5 Å². The van der Waals surface area contributed by atoms with E-state index in [1.165, 1.54) is 27.4 Å². The fraction of sp³-hybridized carbons (Fsp3) is 0. The highest BCUT2D eigenvalue weighted by molar-refractivity contribution is 6.11. The summed E-state index contributed by atoms with van der Waals surface area (Å²) in [5.74, 6) is 0. The smallest absolute Gasteiger partial charge is 0.0965 e. The number of nitrogens with zero attached hydrogens (tertiary/aromatic N) is 4. The topological polar surface area (TPSA) is 34.0 Å². The van der Waals surface area contributed by atoms with E-state index in [9.17, 15) is 0 Å². The number of rotatable bonds is 7. The van der Waals surface area contributed by atoms with Gasteiger partial charge >= 0.3 is 0 Å². The van der Waals surface area contributed by atoms with E-state index >= 15 is 0 Å². The number of hydrogen-bond acceptors (Lipinski definition) is 3. The van der Waals surface area contributed by atoms with E-state index in [0.717, 1.165) is 50.8 Å². The summed E-state index contributed by atoms with van der Waals surface area (Å²) < 4.78 is 2.36. The molecule has 4 nitrogen and oxygen atoms in total. The van der Waals surface area contributed by atoms with Crippen molar-refractivity contribution < 1.29 is 0 Å². The molecule has 0 aliphatic carbocycles. The van der Waals surface area contributed by atoms with Gasteiger partial charge in [0.25, 0.3) is 0 Å².